The summed E-state index contributed by atoms with van der Waals surface area (Å²) in [5.41, 5.74) is 2.87. The lowest BCUT2D eigenvalue weighted by Gasteiger charge is -2.49. The Bertz CT molecular complexity index is 1130. The van der Waals surface area contributed by atoms with E-state index in [4.69, 9.17) is 9.47 Å². The van der Waals surface area contributed by atoms with Crippen LogP contribution in [0, 0.1) is 11.8 Å². The SMILES string of the molecule is COc1ccc(-c2cn(C[C@H]3CC4CCN3C[C@@H]4C(=O)NCc3ccccc3OC)nn2)cc1. The van der Waals surface area contributed by atoms with Crippen LogP contribution in [0.3, 0.4) is 0 Å². The number of methoxy groups -OCH3 is 2. The molecule has 3 aromatic rings. The first kappa shape index (κ1) is 22.4. The second-order valence-corrected chi connectivity index (χ2v) is 9.12. The van der Waals surface area contributed by atoms with E-state index in [1.807, 2.05) is 59.4 Å². The molecule has 8 heteroatoms. The van der Waals surface area contributed by atoms with E-state index in [-0.39, 0.29) is 11.8 Å². The molecule has 0 spiro atoms. The van der Waals surface area contributed by atoms with Gasteiger partial charge in [-0.3, -0.25) is 14.4 Å². The molecule has 0 saturated carbocycles. The van der Waals surface area contributed by atoms with Gasteiger partial charge in [0.1, 0.15) is 17.2 Å². The molecular formula is C26H31N5O3. The van der Waals surface area contributed by atoms with Gasteiger partial charge in [-0.1, -0.05) is 23.4 Å². The summed E-state index contributed by atoms with van der Waals surface area (Å²) >= 11 is 0. The van der Waals surface area contributed by atoms with Gasteiger partial charge >= 0.3 is 0 Å². The molecule has 3 fully saturated rings. The zero-order valence-electron chi connectivity index (χ0n) is 19.7. The number of benzene rings is 2. The summed E-state index contributed by atoms with van der Waals surface area (Å²) in [6.45, 7) is 3.11. The van der Waals surface area contributed by atoms with Gasteiger partial charge in [0, 0.05) is 30.3 Å². The third-order valence-electron chi connectivity index (χ3n) is 7.18. The monoisotopic (exact) mass is 461 g/mol. The summed E-state index contributed by atoms with van der Waals surface area (Å²) < 4.78 is 12.6. The number of carbonyl (C=O) groups is 1. The maximum Gasteiger partial charge on any atom is 0.224 e. The van der Waals surface area contributed by atoms with Gasteiger partial charge in [0.15, 0.2) is 0 Å². The summed E-state index contributed by atoms with van der Waals surface area (Å²) in [6, 6.07) is 16.0. The Morgan fingerprint density at radius 2 is 1.94 bits per heavy atom. The van der Waals surface area contributed by atoms with Crippen molar-refractivity contribution in [2.24, 2.45) is 11.8 Å². The summed E-state index contributed by atoms with van der Waals surface area (Å²) in [4.78, 5) is 15.5. The molecule has 34 heavy (non-hydrogen) atoms. The molecule has 3 aliphatic heterocycles. The van der Waals surface area contributed by atoms with E-state index < -0.39 is 0 Å². The predicted molar refractivity (Wildman–Crippen MR) is 128 cm³/mol. The van der Waals surface area contributed by atoms with Crippen molar-refractivity contribution in [3.8, 4) is 22.8 Å². The van der Waals surface area contributed by atoms with Crippen LogP contribution >= 0.6 is 0 Å². The van der Waals surface area contributed by atoms with E-state index in [9.17, 15) is 4.79 Å². The Kier molecular flexibility index (Phi) is 6.49. The maximum atomic E-state index is 13.0. The van der Waals surface area contributed by atoms with Gasteiger partial charge in [0.25, 0.3) is 0 Å². The zero-order valence-corrected chi connectivity index (χ0v) is 19.7. The quantitative estimate of drug-likeness (QED) is 0.556. The Hall–Kier alpha value is -3.39. The number of nitrogens with one attached hydrogen (secondary N) is 1. The molecule has 4 heterocycles. The van der Waals surface area contributed by atoms with Gasteiger partial charge in [-0.05, 0) is 55.6 Å². The second kappa shape index (κ2) is 9.85. The fourth-order valence-corrected chi connectivity index (χ4v) is 5.29. The first-order valence-corrected chi connectivity index (χ1v) is 11.8. The molecule has 0 radical (unpaired) electrons. The molecular weight excluding hydrogens is 430 g/mol. The second-order valence-electron chi connectivity index (χ2n) is 9.12. The number of ether oxygens (including phenoxy) is 2. The molecule has 3 saturated heterocycles. The van der Waals surface area contributed by atoms with Gasteiger partial charge in [0.2, 0.25) is 5.91 Å². The molecule has 1 amide bonds. The van der Waals surface area contributed by atoms with Crippen LogP contribution in [0.2, 0.25) is 0 Å². The lowest BCUT2D eigenvalue weighted by Crippen LogP contribution is -2.58. The normalized spacial score (nSPS) is 23.5. The number of aromatic nitrogens is 3. The summed E-state index contributed by atoms with van der Waals surface area (Å²) in [6.07, 6.45) is 4.07. The number of rotatable bonds is 8. The van der Waals surface area contributed by atoms with Crippen LogP contribution in [0.1, 0.15) is 18.4 Å². The summed E-state index contributed by atoms with van der Waals surface area (Å²) in [5, 5.41) is 11.9. The predicted octanol–water partition coefficient (Wildman–Crippen LogP) is 2.99. The first-order chi connectivity index (χ1) is 16.6. The molecule has 2 aromatic carbocycles. The first-order valence-electron chi connectivity index (χ1n) is 11.8. The molecule has 4 atom stereocenters. The van der Waals surface area contributed by atoms with Crippen molar-refractivity contribution in [2.45, 2.75) is 32.0 Å². The van der Waals surface area contributed by atoms with Crippen LogP contribution in [0.5, 0.6) is 11.5 Å². The number of para-hydroxylation sites is 1. The molecule has 8 nitrogen and oxygen atoms in total. The minimum atomic E-state index is 0.0327. The number of piperidine rings is 3. The fourth-order valence-electron chi connectivity index (χ4n) is 5.29. The van der Waals surface area contributed by atoms with E-state index >= 15 is 0 Å². The van der Waals surface area contributed by atoms with E-state index in [0.29, 0.717) is 18.5 Å². The highest BCUT2D eigenvalue weighted by Gasteiger charge is 2.43. The van der Waals surface area contributed by atoms with E-state index in [2.05, 4.69) is 20.5 Å². The van der Waals surface area contributed by atoms with Crippen molar-refractivity contribution in [1.82, 2.24) is 25.2 Å². The fraction of sp³-hybridized carbons (Fsp3) is 0.423. The van der Waals surface area contributed by atoms with Crippen LogP contribution in [0.15, 0.2) is 54.7 Å². The van der Waals surface area contributed by atoms with Crippen LogP contribution < -0.4 is 14.8 Å². The minimum Gasteiger partial charge on any atom is -0.497 e. The van der Waals surface area contributed by atoms with E-state index in [0.717, 1.165) is 60.8 Å². The van der Waals surface area contributed by atoms with Crippen molar-refractivity contribution < 1.29 is 14.3 Å². The molecule has 3 aliphatic rings. The largest absolute Gasteiger partial charge is 0.497 e. The van der Waals surface area contributed by atoms with Crippen molar-refractivity contribution in [3.05, 3.63) is 60.3 Å². The Balaban J connectivity index is 1.18. The van der Waals surface area contributed by atoms with Crippen molar-refractivity contribution in [2.75, 3.05) is 27.3 Å². The highest BCUT2D eigenvalue weighted by molar-refractivity contribution is 5.79. The van der Waals surface area contributed by atoms with Crippen LogP contribution in [-0.2, 0) is 17.9 Å². The highest BCUT2D eigenvalue weighted by Crippen LogP contribution is 2.37. The standard InChI is InChI=1S/C26H31N5O3/c1-33-22-9-7-18(8-10-22)24-17-31(29-28-24)15-21-13-19-11-12-30(21)16-23(19)26(32)27-14-20-5-3-4-6-25(20)34-2/h3-10,17,19,21,23H,11-16H2,1-2H3,(H,27,32)/t19?,21-,23+/m1/s1. The van der Waals surface area contributed by atoms with Crippen molar-refractivity contribution >= 4 is 5.91 Å². The number of nitrogens with zero attached hydrogens (tertiary/aromatic N) is 4. The Morgan fingerprint density at radius 3 is 2.68 bits per heavy atom. The lowest BCUT2D eigenvalue weighted by atomic mass is 9.75. The summed E-state index contributed by atoms with van der Waals surface area (Å²) in [5.74, 6) is 2.20. The topological polar surface area (TPSA) is 81.5 Å². The molecule has 2 unspecified atom stereocenters. The smallest absolute Gasteiger partial charge is 0.224 e. The number of carbonyl (C=O) groups excluding carboxylic acids is 1. The average Bonchev–Trinajstić information content (AvgIpc) is 3.36. The number of hydrogen-bond donors (Lipinski definition) is 1. The van der Waals surface area contributed by atoms with Crippen LogP contribution in [-0.4, -0.2) is 59.2 Å². The van der Waals surface area contributed by atoms with E-state index in [1.165, 1.54) is 0 Å². The zero-order chi connectivity index (χ0) is 23.5. The third-order valence-corrected chi connectivity index (χ3v) is 7.18. The average molecular weight is 462 g/mol. The third kappa shape index (κ3) is 4.63. The number of fused-ring (bicyclic) bond motifs is 3. The van der Waals surface area contributed by atoms with Gasteiger partial charge in [-0.25, -0.2) is 0 Å². The summed E-state index contributed by atoms with van der Waals surface area (Å²) in [7, 11) is 3.32. The Morgan fingerprint density at radius 1 is 1.12 bits per heavy atom. The van der Waals surface area contributed by atoms with Gasteiger partial charge < -0.3 is 14.8 Å². The molecule has 1 N–H and O–H groups in total. The molecule has 0 aliphatic carbocycles. The van der Waals surface area contributed by atoms with E-state index in [1.54, 1.807) is 14.2 Å². The van der Waals surface area contributed by atoms with Gasteiger partial charge in [-0.15, -0.1) is 5.10 Å². The van der Waals surface area contributed by atoms with Crippen LogP contribution in [0.4, 0.5) is 0 Å². The maximum absolute atomic E-state index is 13.0. The molecule has 1 aromatic heterocycles. The molecule has 2 bridgehead atoms. The van der Waals surface area contributed by atoms with Gasteiger partial charge in [0.05, 0.1) is 32.9 Å². The van der Waals surface area contributed by atoms with Crippen molar-refractivity contribution in [1.29, 1.82) is 0 Å². The molecule has 6 rings (SSSR count). The number of hydrogen-bond acceptors (Lipinski definition) is 6. The lowest BCUT2D eigenvalue weighted by molar-refractivity contribution is -0.133. The van der Waals surface area contributed by atoms with Crippen molar-refractivity contribution in [3.63, 3.8) is 0 Å². The molecule has 178 valence electrons. The minimum absolute atomic E-state index is 0.0327. The van der Waals surface area contributed by atoms with Gasteiger partial charge in [-0.2, -0.15) is 0 Å². The van der Waals surface area contributed by atoms with Crippen LogP contribution in [0.25, 0.3) is 11.3 Å². The Labute approximate surface area is 199 Å². The number of amides is 1. The highest BCUT2D eigenvalue weighted by atomic mass is 16.5.